The zero-order valence-electron chi connectivity index (χ0n) is 24.0. The van der Waals surface area contributed by atoms with E-state index in [0.29, 0.717) is 60.2 Å². The van der Waals surface area contributed by atoms with Crippen LogP contribution in [0.2, 0.25) is 0 Å². The monoisotopic (exact) mass is 574 g/mol. The SMILES string of the molecule is CCN(CC)C(=O)c1c(NC(=O)c2ccc(S(=O)(=O)N3CC(C)CC(C)C3)cc2)sc2c1CCN(C(C)C)C2. The van der Waals surface area contributed by atoms with Gasteiger partial charge in [-0.1, -0.05) is 13.8 Å². The first-order valence-corrected chi connectivity index (χ1v) is 16.3. The molecule has 0 bridgehead atoms. The molecule has 10 heteroatoms. The minimum absolute atomic E-state index is 0.0581. The van der Waals surface area contributed by atoms with E-state index >= 15 is 0 Å². The lowest BCUT2D eigenvalue weighted by Crippen LogP contribution is -2.42. The summed E-state index contributed by atoms with van der Waals surface area (Å²) >= 11 is 1.48. The first-order valence-electron chi connectivity index (χ1n) is 14.1. The van der Waals surface area contributed by atoms with Crippen LogP contribution in [-0.2, 0) is 23.0 Å². The fraction of sp³-hybridized carbons (Fsp3) is 0.586. The Morgan fingerprint density at radius 3 is 2.26 bits per heavy atom. The summed E-state index contributed by atoms with van der Waals surface area (Å²) in [4.78, 5) is 32.3. The van der Waals surface area contributed by atoms with Crippen molar-refractivity contribution in [1.82, 2.24) is 14.1 Å². The van der Waals surface area contributed by atoms with Gasteiger partial charge in [0.25, 0.3) is 11.8 Å². The van der Waals surface area contributed by atoms with Crippen LogP contribution in [0.3, 0.4) is 0 Å². The van der Waals surface area contributed by atoms with Crippen molar-refractivity contribution in [2.75, 3.05) is 38.0 Å². The van der Waals surface area contributed by atoms with Crippen LogP contribution in [0, 0.1) is 11.8 Å². The number of thiophene rings is 1. The van der Waals surface area contributed by atoms with Crippen molar-refractivity contribution >= 4 is 38.2 Å². The molecular formula is C29H42N4O4S2. The minimum Gasteiger partial charge on any atom is -0.339 e. The normalized spacial score (nSPS) is 20.6. The van der Waals surface area contributed by atoms with Crippen LogP contribution in [0.25, 0.3) is 0 Å². The number of carbonyl (C=O) groups is 2. The summed E-state index contributed by atoms with van der Waals surface area (Å²) in [6, 6.07) is 6.52. The summed E-state index contributed by atoms with van der Waals surface area (Å²) < 4.78 is 28.1. The van der Waals surface area contributed by atoms with E-state index in [4.69, 9.17) is 0 Å². The molecule has 0 aliphatic carbocycles. The van der Waals surface area contributed by atoms with Crippen LogP contribution in [0.5, 0.6) is 0 Å². The molecule has 39 heavy (non-hydrogen) atoms. The van der Waals surface area contributed by atoms with E-state index < -0.39 is 10.0 Å². The summed E-state index contributed by atoms with van der Waals surface area (Å²) in [5, 5.41) is 3.57. The highest BCUT2D eigenvalue weighted by atomic mass is 32.2. The summed E-state index contributed by atoms with van der Waals surface area (Å²) in [7, 11) is -3.63. The number of anilines is 1. The highest BCUT2D eigenvalue weighted by Crippen LogP contribution is 2.38. The lowest BCUT2D eigenvalue weighted by molar-refractivity contribution is 0.0772. The number of hydrogen-bond donors (Lipinski definition) is 1. The van der Waals surface area contributed by atoms with Crippen molar-refractivity contribution < 1.29 is 18.0 Å². The molecule has 1 saturated heterocycles. The smallest absolute Gasteiger partial charge is 0.257 e. The molecule has 2 aromatic rings. The molecule has 2 atom stereocenters. The third-order valence-electron chi connectivity index (χ3n) is 7.90. The third kappa shape index (κ3) is 6.24. The molecule has 1 aromatic carbocycles. The second-order valence-electron chi connectivity index (χ2n) is 11.2. The molecule has 1 aromatic heterocycles. The topological polar surface area (TPSA) is 90.0 Å². The number of fused-ring (bicyclic) bond motifs is 1. The van der Waals surface area contributed by atoms with Gasteiger partial charge < -0.3 is 10.2 Å². The summed E-state index contributed by atoms with van der Waals surface area (Å²) in [5.41, 5.74) is 1.99. The van der Waals surface area contributed by atoms with Gasteiger partial charge in [-0.25, -0.2) is 8.42 Å². The number of carbonyl (C=O) groups excluding carboxylic acids is 2. The van der Waals surface area contributed by atoms with Gasteiger partial charge in [0, 0.05) is 55.8 Å². The quantitative estimate of drug-likeness (QED) is 0.484. The summed E-state index contributed by atoms with van der Waals surface area (Å²) in [6.45, 7) is 16.2. The highest BCUT2D eigenvalue weighted by Gasteiger charge is 2.33. The number of benzene rings is 1. The summed E-state index contributed by atoms with van der Waals surface area (Å²) in [5.74, 6) is 0.210. The Hall–Kier alpha value is -2.27. The number of piperidine rings is 1. The standard InChI is InChI=1S/C29H42N4O4S2/c1-7-31(8-2)29(35)26-24-13-14-32(19(3)4)18-25(24)38-28(26)30-27(34)22-9-11-23(12-10-22)39(36,37)33-16-20(5)15-21(6)17-33/h9-12,19-21H,7-8,13-18H2,1-6H3,(H,30,34). The Kier molecular flexibility index (Phi) is 9.20. The molecule has 2 amide bonds. The van der Waals surface area contributed by atoms with Gasteiger partial charge in [-0.3, -0.25) is 14.5 Å². The van der Waals surface area contributed by atoms with Crippen LogP contribution >= 0.6 is 11.3 Å². The Labute approximate surface area is 237 Å². The van der Waals surface area contributed by atoms with E-state index in [1.807, 2.05) is 13.8 Å². The molecule has 2 aliphatic heterocycles. The van der Waals surface area contributed by atoms with Crippen LogP contribution in [0.4, 0.5) is 5.00 Å². The van der Waals surface area contributed by atoms with Crippen molar-refractivity contribution in [2.45, 2.75) is 71.9 Å². The molecule has 0 saturated carbocycles. The van der Waals surface area contributed by atoms with Crippen molar-refractivity contribution in [3.05, 3.63) is 45.8 Å². The zero-order chi connectivity index (χ0) is 28.5. The number of nitrogens with one attached hydrogen (secondary N) is 1. The maximum atomic E-state index is 13.5. The van der Waals surface area contributed by atoms with Gasteiger partial charge in [-0.15, -0.1) is 11.3 Å². The minimum atomic E-state index is -3.63. The Balaban J connectivity index is 1.59. The van der Waals surface area contributed by atoms with Crippen LogP contribution in [-0.4, -0.2) is 73.1 Å². The molecule has 4 rings (SSSR count). The second-order valence-corrected chi connectivity index (χ2v) is 14.3. The van der Waals surface area contributed by atoms with Gasteiger partial charge in [-0.2, -0.15) is 4.31 Å². The van der Waals surface area contributed by atoms with E-state index in [1.165, 1.54) is 23.5 Å². The lowest BCUT2D eigenvalue weighted by atomic mass is 9.94. The van der Waals surface area contributed by atoms with Crippen molar-refractivity contribution in [3.63, 3.8) is 0 Å². The molecule has 1 N–H and O–H groups in total. The van der Waals surface area contributed by atoms with Gasteiger partial charge in [0.2, 0.25) is 10.0 Å². The van der Waals surface area contributed by atoms with E-state index in [1.54, 1.807) is 21.3 Å². The second kappa shape index (κ2) is 12.1. The molecule has 2 aliphatic rings. The van der Waals surface area contributed by atoms with Crippen molar-refractivity contribution in [3.8, 4) is 0 Å². The Morgan fingerprint density at radius 1 is 1.08 bits per heavy atom. The number of hydrogen-bond acceptors (Lipinski definition) is 6. The predicted octanol–water partition coefficient (Wildman–Crippen LogP) is 4.92. The maximum absolute atomic E-state index is 13.5. The van der Waals surface area contributed by atoms with Gasteiger partial charge in [-0.05, 0) is 82.2 Å². The number of amides is 2. The lowest BCUT2D eigenvalue weighted by Gasteiger charge is -2.34. The van der Waals surface area contributed by atoms with Gasteiger partial charge in [0.15, 0.2) is 0 Å². The molecule has 2 unspecified atom stereocenters. The Bertz CT molecular complexity index is 1290. The number of nitrogens with zero attached hydrogens (tertiary/aromatic N) is 3. The first kappa shape index (κ1) is 29.7. The fourth-order valence-corrected chi connectivity index (χ4v) is 8.69. The Morgan fingerprint density at radius 2 is 1.69 bits per heavy atom. The van der Waals surface area contributed by atoms with Crippen LogP contribution < -0.4 is 5.32 Å². The molecule has 1 fully saturated rings. The maximum Gasteiger partial charge on any atom is 0.257 e. The van der Waals surface area contributed by atoms with Crippen LogP contribution in [0.1, 0.15) is 79.1 Å². The van der Waals surface area contributed by atoms with Gasteiger partial charge >= 0.3 is 0 Å². The molecule has 3 heterocycles. The van der Waals surface area contributed by atoms with Gasteiger partial charge in [0.1, 0.15) is 5.00 Å². The summed E-state index contributed by atoms with van der Waals surface area (Å²) in [6.07, 6.45) is 1.79. The van der Waals surface area contributed by atoms with E-state index in [9.17, 15) is 18.0 Å². The van der Waals surface area contributed by atoms with Crippen LogP contribution in [0.15, 0.2) is 29.2 Å². The number of sulfonamides is 1. The largest absolute Gasteiger partial charge is 0.339 e. The highest BCUT2D eigenvalue weighted by molar-refractivity contribution is 7.89. The average molecular weight is 575 g/mol. The molecule has 214 valence electrons. The zero-order valence-corrected chi connectivity index (χ0v) is 25.6. The van der Waals surface area contributed by atoms with Gasteiger partial charge in [0.05, 0.1) is 10.5 Å². The van der Waals surface area contributed by atoms with E-state index in [0.717, 1.165) is 36.4 Å². The van der Waals surface area contributed by atoms with E-state index in [-0.39, 0.29) is 16.7 Å². The molecule has 0 spiro atoms. The fourth-order valence-electron chi connectivity index (χ4n) is 5.75. The third-order valence-corrected chi connectivity index (χ3v) is 10.9. The molecular weight excluding hydrogens is 532 g/mol. The van der Waals surface area contributed by atoms with Crippen molar-refractivity contribution in [1.29, 1.82) is 0 Å². The first-order chi connectivity index (χ1) is 18.5. The number of rotatable bonds is 8. The van der Waals surface area contributed by atoms with E-state index in [2.05, 4.69) is 37.9 Å². The molecule has 0 radical (unpaired) electrons. The predicted molar refractivity (Wildman–Crippen MR) is 157 cm³/mol. The van der Waals surface area contributed by atoms with Crippen molar-refractivity contribution in [2.24, 2.45) is 11.8 Å². The molecule has 8 nitrogen and oxygen atoms in total. The average Bonchev–Trinajstić information content (AvgIpc) is 3.25.